The number of rotatable bonds is 3. The first kappa shape index (κ1) is 22.0. The highest BCUT2D eigenvalue weighted by molar-refractivity contribution is 7.12. The van der Waals surface area contributed by atoms with Crippen molar-refractivity contribution in [1.82, 2.24) is 20.0 Å². The molecule has 2 aromatic rings. The van der Waals surface area contributed by atoms with E-state index in [1.54, 1.807) is 0 Å². The summed E-state index contributed by atoms with van der Waals surface area (Å²) < 4.78 is 6.13. The Bertz CT molecular complexity index is 937. The van der Waals surface area contributed by atoms with E-state index in [9.17, 15) is 9.59 Å². The first-order valence-electron chi connectivity index (χ1n) is 11.2. The van der Waals surface area contributed by atoms with Crippen LogP contribution in [0.3, 0.4) is 0 Å². The third kappa shape index (κ3) is 4.68. The number of carbonyl (C=O) groups is 2. The molecule has 0 radical (unpaired) electrons. The Labute approximate surface area is 187 Å². The fraction of sp³-hybridized carbons (Fsp3) is 0.652. The minimum atomic E-state index is -0.359. The lowest BCUT2D eigenvalue weighted by Crippen LogP contribution is -2.43. The van der Waals surface area contributed by atoms with Gasteiger partial charge in [-0.25, -0.2) is 0 Å². The van der Waals surface area contributed by atoms with E-state index < -0.39 is 0 Å². The van der Waals surface area contributed by atoms with E-state index in [4.69, 9.17) is 4.42 Å². The number of likely N-dealkylation sites (tertiary alicyclic amines) is 2. The third-order valence-electron chi connectivity index (χ3n) is 6.22. The molecule has 168 valence electrons. The quantitative estimate of drug-likeness (QED) is 0.693. The lowest BCUT2D eigenvalue weighted by molar-refractivity contribution is -0.140. The molecule has 2 aliphatic rings. The van der Waals surface area contributed by atoms with Crippen LogP contribution in [0.2, 0.25) is 0 Å². The zero-order valence-corrected chi connectivity index (χ0v) is 19.7. The van der Waals surface area contributed by atoms with Crippen LogP contribution in [0, 0.1) is 12.3 Å². The van der Waals surface area contributed by atoms with Crippen molar-refractivity contribution < 1.29 is 14.0 Å². The predicted octanol–water partition coefficient (Wildman–Crippen LogP) is 4.56. The van der Waals surface area contributed by atoms with E-state index in [0.29, 0.717) is 31.4 Å². The summed E-state index contributed by atoms with van der Waals surface area (Å²) in [5, 5.41) is 10.7. The highest BCUT2D eigenvalue weighted by Gasteiger charge is 2.35. The number of aromatic nitrogens is 2. The van der Waals surface area contributed by atoms with Crippen LogP contribution in [0.4, 0.5) is 0 Å². The zero-order chi connectivity index (χ0) is 22.2. The fourth-order valence-corrected chi connectivity index (χ4v) is 5.32. The predicted molar refractivity (Wildman–Crippen MR) is 119 cm³/mol. The molecular weight excluding hydrogens is 412 g/mol. The number of carbonyl (C=O) groups excluding carboxylic acids is 2. The Kier molecular flexibility index (Phi) is 6.19. The van der Waals surface area contributed by atoms with Crippen molar-refractivity contribution >= 4 is 23.2 Å². The molecular formula is C23H32N4O3S. The second kappa shape index (κ2) is 8.73. The molecule has 7 nitrogen and oxygen atoms in total. The van der Waals surface area contributed by atoms with Crippen molar-refractivity contribution in [2.24, 2.45) is 5.41 Å². The molecule has 2 saturated heterocycles. The smallest absolute Gasteiger partial charge is 0.264 e. The number of thiophene rings is 1. The van der Waals surface area contributed by atoms with Crippen LogP contribution in [0.25, 0.3) is 0 Å². The van der Waals surface area contributed by atoms with Crippen molar-refractivity contribution in [2.75, 3.05) is 19.6 Å². The van der Waals surface area contributed by atoms with E-state index in [1.807, 2.05) is 48.9 Å². The van der Waals surface area contributed by atoms with Gasteiger partial charge in [0.25, 0.3) is 5.91 Å². The Balaban J connectivity index is 1.44. The van der Waals surface area contributed by atoms with Crippen LogP contribution in [0.15, 0.2) is 15.9 Å². The summed E-state index contributed by atoms with van der Waals surface area (Å²) in [7, 11) is 0. The highest BCUT2D eigenvalue weighted by atomic mass is 32.1. The Morgan fingerprint density at radius 3 is 2.42 bits per heavy atom. The van der Waals surface area contributed by atoms with Crippen molar-refractivity contribution in [3.05, 3.63) is 33.7 Å². The van der Waals surface area contributed by atoms with Crippen molar-refractivity contribution in [2.45, 2.75) is 71.8 Å². The number of nitrogens with zero attached hydrogens (tertiary/aromatic N) is 4. The van der Waals surface area contributed by atoms with Crippen LogP contribution in [0.5, 0.6) is 0 Å². The number of amides is 2. The summed E-state index contributed by atoms with van der Waals surface area (Å²) in [6.45, 7) is 10.0. The van der Waals surface area contributed by atoms with Gasteiger partial charge >= 0.3 is 0 Å². The molecule has 0 bridgehead atoms. The van der Waals surface area contributed by atoms with Crippen LogP contribution < -0.4 is 0 Å². The molecule has 4 rings (SSSR count). The van der Waals surface area contributed by atoms with Gasteiger partial charge < -0.3 is 14.2 Å². The lowest BCUT2D eigenvalue weighted by atomic mass is 9.91. The summed E-state index contributed by atoms with van der Waals surface area (Å²) in [6, 6.07) is 1.79. The van der Waals surface area contributed by atoms with Gasteiger partial charge in [0.1, 0.15) is 6.04 Å². The van der Waals surface area contributed by atoms with Gasteiger partial charge in [-0.3, -0.25) is 9.59 Å². The number of piperidine rings is 2. The molecule has 2 amide bonds. The number of hydrogen-bond donors (Lipinski definition) is 0. The van der Waals surface area contributed by atoms with Crippen molar-refractivity contribution in [3.8, 4) is 0 Å². The minimum Gasteiger partial charge on any atom is -0.423 e. The van der Waals surface area contributed by atoms with Gasteiger partial charge in [0.2, 0.25) is 17.7 Å². The largest absolute Gasteiger partial charge is 0.423 e. The summed E-state index contributed by atoms with van der Waals surface area (Å²) in [5.74, 6) is 1.60. The summed E-state index contributed by atoms with van der Waals surface area (Å²) >= 11 is 1.49. The van der Waals surface area contributed by atoms with Gasteiger partial charge in [-0.15, -0.1) is 21.5 Å². The zero-order valence-electron chi connectivity index (χ0n) is 18.9. The standard InChI is InChI=1S/C23H32N4O3S/c1-15-13-18(31-14-15)21(28)27-10-6-5-7-17(27)20-25-24-19(30-20)16-8-11-26(12-9-16)22(29)23(2,3)4/h13-14,16-17H,5-12H2,1-4H3/t17-/m0/s1. The Hall–Kier alpha value is -2.22. The average Bonchev–Trinajstić information content (AvgIpc) is 3.42. The van der Waals surface area contributed by atoms with Crippen LogP contribution in [0.1, 0.15) is 91.9 Å². The molecule has 0 spiro atoms. The second-order valence-electron chi connectivity index (χ2n) is 9.79. The molecule has 8 heteroatoms. The maximum Gasteiger partial charge on any atom is 0.264 e. The number of hydrogen-bond acceptors (Lipinski definition) is 6. The molecule has 2 aliphatic heterocycles. The van der Waals surface area contributed by atoms with Gasteiger partial charge in [-0.2, -0.15) is 0 Å². The lowest BCUT2D eigenvalue weighted by Gasteiger charge is -2.35. The van der Waals surface area contributed by atoms with E-state index in [1.165, 1.54) is 11.3 Å². The van der Waals surface area contributed by atoms with Gasteiger partial charge in [0.15, 0.2) is 0 Å². The Morgan fingerprint density at radius 2 is 1.77 bits per heavy atom. The molecule has 0 saturated carbocycles. The van der Waals surface area contributed by atoms with Gasteiger partial charge in [0.05, 0.1) is 4.88 Å². The SMILES string of the molecule is Cc1csc(C(=O)N2CCCC[C@H]2c2nnc(C3CCN(C(=O)C(C)(C)C)CC3)o2)c1. The summed E-state index contributed by atoms with van der Waals surface area (Å²) in [5.41, 5.74) is 0.751. The first-order chi connectivity index (χ1) is 14.7. The van der Waals surface area contributed by atoms with Gasteiger partial charge in [-0.05, 0) is 56.0 Å². The molecule has 2 fully saturated rings. The molecule has 2 aromatic heterocycles. The molecule has 0 N–H and O–H groups in total. The van der Waals surface area contributed by atoms with E-state index in [0.717, 1.165) is 42.5 Å². The first-order valence-corrected chi connectivity index (χ1v) is 12.1. The fourth-order valence-electron chi connectivity index (χ4n) is 4.47. The normalized spacial score (nSPS) is 20.8. The van der Waals surface area contributed by atoms with E-state index in [-0.39, 0.29) is 29.2 Å². The molecule has 0 aromatic carbocycles. The highest BCUT2D eigenvalue weighted by Crippen LogP contribution is 2.35. The van der Waals surface area contributed by atoms with E-state index >= 15 is 0 Å². The van der Waals surface area contributed by atoms with Gasteiger partial charge in [-0.1, -0.05) is 20.8 Å². The van der Waals surface area contributed by atoms with Crippen LogP contribution in [-0.4, -0.2) is 51.4 Å². The molecule has 4 heterocycles. The monoisotopic (exact) mass is 444 g/mol. The molecule has 1 atom stereocenters. The van der Waals surface area contributed by atoms with Gasteiger partial charge in [0, 0.05) is 31.0 Å². The van der Waals surface area contributed by atoms with Crippen molar-refractivity contribution in [3.63, 3.8) is 0 Å². The maximum absolute atomic E-state index is 13.1. The minimum absolute atomic E-state index is 0.0524. The number of aryl methyl sites for hydroxylation is 1. The topological polar surface area (TPSA) is 79.5 Å². The molecule has 31 heavy (non-hydrogen) atoms. The van der Waals surface area contributed by atoms with Crippen LogP contribution in [-0.2, 0) is 4.79 Å². The second-order valence-corrected chi connectivity index (χ2v) is 10.7. The molecule has 0 aliphatic carbocycles. The van der Waals surface area contributed by atoms with Crippen LogP contribution >= 0.6 is 11.3 Å². The molecule has 0 unspecified atom stereocenters. The Morgan fingerprint density at radius 1 is 1.06 bits per heavy atom. The van der Waals surface area contributed by atoms with Crippen molar-refractivity contribution in [1.29, 1.82) is 0 Å². The summed E-state index contributed by atoms with van der Waals surface area (Å²) in [4.78, 5) is 30.2. The summed E-state index contributed by atoms with van der Waals surface area (Å²) in [6.07, 6.45) is 4.53. The maximum atomic E-state index is 13.1. The van der Waals surface area contributed by atoms with E-state index in [2.05, 4.69) is 10.2 Å². The average molecular weight is 445 g/mol. The third-order valence-corrected chi connectivity index (χ3v) is 7.26.